The Morgan fingerprint density at radius 3 is 2.77 bits per heavy atom. The van der Waals surface area contributed by atoms with E-state index in [2.05, 4.69) is 15.2 Å². The van der Waals surface area contributed by atoms with Gasteiger partial charge >= 0.3 is 5.97 Å². The molecule has 0 fully saturated rings. The van der Waals surface area contributed by atoms with E-state index in [0.717, 1.165) is 23.2 Å². The summed E-state index contributed by atoms with van der Waals surface area (Å²) in [6, 6.07) is 17.4. The molecule has 1 atom stereocenters. The van der Waals surface area contributed by atoms with Crippen LogP contribution in [0.25, 0.3) is 11.4 Å². The van der Waals surface area contributed by atoms with Gasteiger partial charge in [0.2, 0.25) is 11.1 Å². The molecule has 2 heterocycles. The van der Waals surface area contributed by atoms with Gasteiger partial charge in [0.1, 0.15) is 6.54 Å². The van der Waals surface area contributed by atoms with Crippen LogP contribution < -0.4 is 4.90 Å². The van der Waals surface area contributed by atoms with Crippen molar-refractivity contribution in [3.63, 3.8) is 0 Å². The molecular weight excluding hydrogens is 400 g/mol. The average molecular weight is 423 g/mol. The summed E-state index contributed by atoms with van der Waals surface area (Å²) in [7, 11) is 0. The summed E-state index contributed by atoms with van der Waals surface area (Å²) < 4.78 is 5.09. The summed E-state index contributed by atoms with van der Waals surface area (Å²) in [6.07, 6.45) is 1.36. The lowest BCUT2D eigenvalue weighted by atomic mass is 10.1. The maximum Gasteiger partial charge on any atom is 0.326 e. The van der Waals surface area contributed by atoms with Gasteiger partial charge in [-0.25, -0.2) is 4.98 Å². The van der Waals surface area contributed by atoms with Crippen molar-refractivity contribution in [2.24, 2.45) is 0 Å². The number of hydrogen-bond donors (Lipinski definition) is 1. The highest BCUT2D eigenvalue weighted by molar-refractivity contribution is 8.00. The second kappa shape index (κ2) is 9.13. The quantitative estimate of drug-likeness (QED) is 0.612. The number of carbonyl (C=O) groups excluding carboxylic acids is 2. The molecule has 1 amide bonds. The first kappa shape index (κ1) is 20.2. The molecule has 1 N–H and O–H groups in total. The number of H-pyrrole nitrogens is 1. The van der Waals surface area contributed by atoms with Crippen LogP contribution in [0.1, 0.15) is 18.9 Å². The lowest BCUT2D eigenvalue weighted by Gasteiger charge is -2.24. The van der Waals surface area contributed by atoms with Crippen LogP contribution >= 0.6 is 11.8 Å². The zero-order valence-corrected chi connectivity index (χ0v) is 17.4. The molecule has 0 saturated heterocycles. The number of benzene rings is 2. The van der Waals surface area contributed by atoms with Gasteiger partial charge in [-0.3, -0.25) is 19.6 Å². The van der Waals surface area contributed by atoms with Crippen LogP contribution in [0.15, 0.2) is 59.8 Å². The Hall–Kier alpha value is -3.13. The highest BCUT2D eigenvalue weighted by atomic mass is 32.2. The van der Waals surface area contributed by atoms with Gasteiger partial charge in [-0.1, -0.05) is 60.3 Å². The summed E-state index contributed by atoms with van der Waals surface area (Å²) in [5.41, 5.74) is 2.73. The normalized spacial score (nSPS) is 16.1. The second-order valence-electron chi connectivity index (χ2n) is 6.84. The highest BCUT2D eigenvalue weighted by Crippen LogP contribution is 2.34. The van der Waals surface area contributed by atoms with E-state index in [9.17, 15) is 9.59 Å². The van der Waals surface area contributed by atoms with Gasteiger partial charge in [-0.05, 0) is 31.4 Å². The first-order valence-corrected chi connectivity index (χ1v) is 10.7. The molecule has 8 heteroatoms. The molecule has 1 aliphatic rings. The maximum atomic E-state index is 13.4. The number of rotatable bonds is 6. The first-order valence-electron chi connectivity index (χ1n) is 9.85. The van der Waals surface area contributed by atoms with E-state index < -0.39 is 11.2 Å². The average Bonchev–Trinajstić information content (AvgIpc) is 3.20. The molecule has 0 aliphatic carbocycles. The minimum atomic E-state index is -0.421. The number of ether oxygens (including phenoxy) is 1. The molecule has 2 aromatic carbocycles. The number of aromatic nitrogens is 3. The molecule has 0 unspecified atom stereocenters. The van der Waals surface area contributed by atoms with Gasteiger partial charge in [0.15, 0.2) is 5.82 Å². The Bertz CT molecular complexity index is 1040. The number of anilines is 1. The number of fused-ring (bicyclic) bond motifs is 1. The summed E-state index contributed by atoms with van der Waals surface area (Å²) in [6.45, 7) is 1.92. The van der Waals surface area contributed by atoms with Gasteiger partial charge in [-0.2, -0.15) is 0 Å². The number of carbonyl (C=O) groups is 2. The third-order valence-corrected chi connectivity index (χ3v) is 5.97. The van der Waals surface area contributed by atoms with Gasteiger partial charge in [0.05, 0.1) is 11.9 Å². The van der Waals surface area contributed by atoms with E-state index in [1.807, 2.05) is 54.6 Å². The molecule has 0 spiro atoms. The van der Waals surface area contributed by atoms with Crippen LogP contribution in [-0.4, -0.2) is 45.5 Å². The minimum absolute atomic E-state index is 0.107. The smallest absolute Gasteiger partial charge is 0.326 e. The van der Waals surface area contributed by atoms with E-state index in [1.54, 1.807) is 6.92 Å². The fourth-order valence-corrected chi connectivity index (χ4v) is 4.41. The van der Waals surface area contributed by atoms with Crippen molar-refractivity contribution >= 4 is 29.3 Å². The zero-order valence-electron chi connectivity index (χ0n) is 16.6. The molecule has 0 saturated carbocycles. The van der Waals surface area contributed by atoms with E-state index in [1.165, 1.54) is 16.7 Å². The Morgan fingerprint density at radius 1 is 1.20 bits per heavy atom. The molecular formula is C22H22N4O3S. The van der Waals surface area contributed by atoms with E-state index in [0.29, 0.717) is 17.4 Å². The topological polar surface area (TPSA) is 88.2 Å². The van der Waals surface area contributed by atoms with Crippen LogP contribution in [0.4, 0.5) is 5.69 Å². The van der Waals surface area contributed by atoms with Crippen molar-refractivity contribution in [2.75, 3.05) is 18.1 Å². The van der Waals surface area contributed by atoms with Crippen LogP contribution in [0, 0.1) is 0 Å². The van der Waals surface area contributed by atoms with Crippen molar-refractivity contribution < 1.29 is 14.3 Å². The predicted octanol–water partition coefficient (Wildman–Crippen LogP) is 3.47. The monoisotopic (exact) mass is 422 g/mol. The predicted molar refractivity (Wildman–Crippen MR) is 115 cm³/mol. The lowest BCUT2D eigenvalue weighted by molar-refractivity contribution is -0.142. The van der Waals surface area contributed by atoms with Crippen molar-refractivity contribution in [3.8, 4) is 11.4 Å². The fourth-order valence-electron chi connectivity index (χ4n) is 3.45. The van der Waals surface area contributed by atoms with Crippen LogP contribution in [-0.2, 0) is 20.7 Å². The third kappa shape index (κ3) is 4.38. The second-order valence-corrected chi connectivity index (χ2v) is 8.01. The summed E-state index contributed by atoms with van der Waals surface area (Å²) in [4.78, 5) is 31.6. The number of esters is 1. The number of nitrogens with zero attached hydrogens (tertiary/aromatic N) is 3. The molecule has 0 bridgehead atoms. The Morgan fingerprint density at radius 2 is 1.97 bits per heavy atom. The number of thioether (sulfide) groups is 1. The molecule has 154 valence electrons. The number of amides is 1. The third-order valence-electron chi connectivity index (χ3n) is 4.85. The maximum absolute atomic E-state index is 13.4. The van der Waals surface area contributed by atoms with Crippen molar-refractivity contribution in [3.05, 3.63) is 60.2 Å². The molecule has 4 rings (SSSR count). The highest BCUT2D eigenvalue weighted by Gasteiger charge is 2.33. The largest absolute Gasteiger partial charge is 0.465 e. The van der Waals surface area contributed by atoms with Crippen molar-refractivity contribution in [1.82, 2.24) is 15.2 Å². The van der Waals surface area contributed by atoms with Crippen LogP contribution in [0.5, 0.6) is 0 Å². The van der Waals surface area contributed by atoms with E-state index >= 15 is 0 Å². The number of aryl methyl sites for hydroxylation is 1. The van der Waals surface area contributed by atoms with Gasteiger partial charge in [-0.15, -0.1) is 5.10 Å². The van der Waals surface area contributed by atoms with Gasteiger partial charge in [0.25, 0.3) is 0 Å². The number of hydrogen-bond acceptors (Lipinski definition) is 6. The first-order chi connectivity index (χ1) is 14.7. The Balaban J connectivity index is 1.56. The molecule has 0 radical (unpaired) electrons. The number of para-hydroxylation sites is 1. The number of aromatic amines is 1. The minimum Gasteiger partial charge on any atom is -0.465 e. The van der Waals surface area contributed by atoms with Gasteiger partial charge in [0, 0.05) is 11.3 Å². The van der Waals surface area contributed by atoms with Crippen molar-refractivity contribution in [1.29, 1.82) is 0 Å². The fraction of sp³-hybridized carbons (Fsp3) is 0.273. The van der Waals surface area contributed by atoms with E-state index in [4.69, 9.17) is 4.74 Å². The van der Waals surface area contributed by atoms with E-state index in [-0.39, 0.29) is 19.1 Å². The number of nitrogens with one attached hydrogen (secondary N) is 1. The van der Waals surface area contributed by atoms with Crippen LogP contribution in [0.3, 0.4) is 0 Å². The standard InChI is InChI=1S/C22H22N4O3S/c1-2-29-19(27)14-26-17-11-7-6-8-15(17)12-13-18(21(26)28)30-22-23-20(24-25-22)16-9-4-3-5-10-16/h3-11,18H,2,12-14H2,1H3,(H,23,24,25)/t18-/m1/s1. The summed E-state index contributed by atoms with van der Waals surface area (Å²) in [5, 5.41) is 7.33. The SMILES string of the molecule is CCOC(=O)CN1C(=O)[C@H](Sc2n[nH]c(-c3ccccc3)n2)CCc2ccccc21. The molecule has 3 aromatic rings. The Kier molecular flexibility index (Phi) is 6.13. The molecule has 1 aliphatic heterocycles. The molecule has 30 heavy (non-hydrogen) atoms. The summed E-state index contributed by atoms with van der Waals surface area (Å²) in [5.74, 6) is 0.102. The van der Waals surface area contributed by atoms with Gasteiger partial charge < -0.3 is 4.74 Å². The zero-order chi connectivity index (χ0) is 20.9. The molecule has 1 aromatic heterocycles. The summed E-state index contributed by atoms with van der Waals surface area (Å²) >= 11 is 1.32. The van der Waals surface area contributed by atoms with Crippen molar-refractivity contribution in [2.45, 2.75) is 30.2 Å². The Labute approximate surface area is 178 Å². The van der Waals surface area contributed by atoms with Crippen LogP contribution in [0.2, 0.25) is 0 Å². The molecule has 7 nitrogen and oxygen atoms in total. The lowest BCUT2D eigenvalue weighted by Crippen LogP contribution is -2.41.